The quantitative estimate of drug-likeness (QED) is 0.200. The maximum absolute atomic E-state index is 9.91. The first-order valence-corrected chi connectivity index (χ1v) is 17.8. The molecule has 0 radical (unpaired) electrons. The Morgan fingerprint density at radius 2 is 1.61 bits per heavy atom. The van der Waals surface area contributed by atoms with Crippen molar-refractivity contribution in [3.8, 4) is 28.4 Å². The molecule has 0 unspecified atom stereocenters. The SMILES string of the molecule is CCOc1cc(O[C@H]2CCc3c(-c4cccc(OCCCN5[C@H](C)CC[C@H]5C)c4C)cccc32)c(Cl)cc1CN1CCC(O)CC1. The van der Waals surface area contributed by atoms with E-state index in [1.807, 2.05) is 19.1 Å². The van der Waals surface area contributed by atoms with Gasteiger partial charge in [-0.15, -0.1) is 0 Å². The Balaban J connectivity index is 1.15. The van der Waals surface area contributed by atoms with E-state index in [2.05, 4.69) is 67.0 Å². The molecule has 248 valence electrons. The Morgan fingerprint density at radius 1 is 0.870 bits per heavy atom. The number of benzene rings is 3. The molecule has 0 saturated carbocycles. The third-order valence-electron chi connectivity index (χ3n) is 10.4. The molecule has 1 N–H and O–H groups in total. The maximum atomic E-state index is 9.91. The molecule has 3 aliphatic rings. The Bertz CT molecular complexity index is 1480. The molecular weight excluding hydrogens is 596 g/mol. The van der Waals surface area contributed by atoms with Gasteiger partial charge < -0.3 is 19.3 Å². The number of fused-ring (bicyclic) bond motifs is 1. The summed E-state index contributed by atoms with van der Waals surface area (Å²) < 4.78 is 19.1. The molecule has 2 fully saturated rings. The van der Waals surface area contributed by atoms with Gasteiger partial charge in [0.1, 0.15) is 23.4 Å². The maximum Gasteiger partial charge on any atom is 0.142 e. The third kappa shape index (κ3) is 7.36. The Kier molecular flexibility index (Phi) is 10.8. The fourth-order valence-electron chi connectivity index (χ4n) is 7.72. The average Bonchev–Trinajstić information content (AvgIpc) is 3.61. The van der Waals surface area contributed by atoms with Crippen LogP contribution in [-0.2, 0) is 13.0 Å². The largest absolute Gasteiger partial charge is 0.493 e. The van der Waals surface area contributed by atoms with Crippen LogP contribution in [0, 0.1) is 6.92 Å². The second-order valence-corrected chi connectivity index (χ2v) is 13.9. The van der Waals surface area contributed by atoms with E-state index in [0.717, 1.165) is 82.0 Å². The highest BCUT2D eigenvalue weighted by atomic mass is 35.5. The molecule has 0 amide bonds. The van der Waals surface area contributed by atoms with Gasteiger partial charge in [0.2, 0.25) is 0 Å². The second-order valence-electron chi connectivity index (χ2n) is 13.5. The molecule has 2 saturated heterocycles. The predicted octanol–water partition coefficient (Wildman–Crippen LogP) is 8.38. The van der Waals surface area contributed by atoms with Gasteiger partial charge in [-0.2, -0.15) is 0 Å². The van der Waals surface area contributed by atoms with Gasteiger partial charge in [0.05, 0.1) is 24.3 Å². The molecule has 46 heavy (non-hydrogen) atoms. The number of hydrogen-bond acceptors (Lipinski definition) is 6. The van der Waals surface area contributed by atoms with E-state index in [0.29, 0.717) is 29.5 Å². The first-order chi connectivity index (χ1) is 22.3. The summed E-state index contributed by atoms with van der Waals surface area (Å²) in [5.74, 6) is 2.45. The lowest BCUT2D eigenvalue weighted by molar-refractivity contribution is 0.0788. The number of hydrogen-bond donors (Lipinski definition) is 1. The van der Waals surface area contributed by atoms with Crippen molar-refractivity contribution >= 4 is 11.6 Å². The number of nitrogens with zero attached hydrogens (tertiary/aromatic N) is 2. The van der Waals surface area contributed by atoms with E-state index in [1.165, 1.54) is 40.7 Å². The lowest BCUT2D eigenvalue weighted by atomic mass is 9.93. The molecule has 6 nitrogen and oxygen atoms in total. The normalized spacial score (nSPS) is 22.3. The molecule has 7 heteroatoms. The van der Waals surface area contributed by atoms with E-state index in [9.17, 15) is 5.11 Å². The smallest absolute Gasteiger partial charge is 0.142 e. The van der Waals surface area contributed by atoms with Crippen LogP contribution in [0.3, 0.4) is 0 Å². The van der Waals surface area contributed by atoms with Crippen molar-refractivity contribution in [1.82, 2.24) is 9.80 Å². The minimum absolute atomic E-state index is 0.0773. The predicted molar refractivity (Wildman–Crippen MR) is 186 cm³/mol. The molecule has 2 aliphatic heterocycles. The third-order valence-corrected chi connectivity index (χ3v) is 10.7. The molecule has 2 heterocycles. The Morgan fingerprint density at radius 3 is 2.37 bits per heavy atom. The van der Waals surface area contributed by atoms with Gasteiger partial charge in [0, 0.05) is 49.9 Å². The van der Waals surface area contributed by atoms with Gasteiger partial charge in [-0.25, -0.2) is 0 Å². The fraction of sp³-hybridized carbons (Fsp3) is 0.538. The van der Waals surface area contributed by atoms with E-state index < -0.39 is 0 Å². The van der Waals surface area contributed by atoms with Crippen LogP contribution in [0.4, 0.5) is 0 Å². The zero-order valence-corrected chi connectivity index (χ0v) is 28.8. The number of piperidine rings is 1. The number of ether oxygens (including phenoxy) is 3. The van der Waals surface area contributed by atoms with Gasteiger partial charge in [0.15, 0.2) is 0 Å². The van der Waals surface area contributed by atoms with Gasteiger partial charge in [-0.05, 0) is 113 Å². The van der Waals surface area contributed by atoms with Crippen LogP contribution in [-0.4, -0.2) is 65.9 Å². The van der Waals surface area contributed by atoms with Crippen LogP contribution in [0.1, 0.15) is 87.7 Å². The van der Waals surface area contributed by atoms with Crippen molar-refractivity contribution < 1.29 is 19.3 Å². The number of likely N-dealkylation sites (tertiary alicyclic amines) is 2. The van der Waals surface area contributed by atoms with E-state index in [-0.39, 0.29) is 12.2 Å². The minimum Gasteiger partial charge on any atom is -0.493 e. The molecule has 6 rings (SSSR count). The summed E-state index contributed by atoms with van der Waals surface area (Å²) >= 11 is 6.86. The molecule has 1 aliphatic carbocycles. The molecule has 0 spiro atoms. The summed E-state index contributed by atoms with van der Waals surface area (Å²) in [6.45, 7) is 13.8. The molecule has 0 aromatic heterocycles. The number of halogens is 1. The van der Waals surface area contributed by atoms with Crippen LogP contribution in [0.15, 0.2) is 48.5 Å². The van der Waals surface area contributed by atoms with Crippen molar-refractivity contribution in [1.29, 1.82) is 0 Å². The van der Waals surface area contributed by atoms with Gasteiger partial charge >= 0.3 is 0 Å². The average molecular weight is 647 g/mol. The van der Waals surface area contributed by atoms with Crippen molar-refractivity contribution in [2.75, 3.05) is 32.8 Å². The highest BCUT2D eigenvalue weighted by Crippen LogP contribution is 2.44. The van der Waals surface area contributed by atoms with Crippen LogP contribution < -0.4 is 14.2 Å². The summed E-state index contributed by atoms with van der Waals surface area (Å²) in [4.78, 5) is 4.98. The van der Waals surface area contributed by atoms with E-state index in [1.54, 1.807) is 0 Å². The van der Waals surface area contributed by atoms with Gasteiger partial charge in [0.25, 0.3) is 0 Å². The summed E-state index contributed by atoms with van der Waals surface area (Å²) in [5, 5.41) is 10.5. The summed E-state index contributed by atoms with van der Waals surface area (Å²) in [5.41, 5.74) is 7.29. The van der Waals surface area contributed by atoms with Gasteiger partial charge in [-0.1, -0.05) is 41.9 Å². The fourth-order valence-corrected chi connectivity index (χ4v) is 7.95. The number of aliphatic hydroxyl groups excluding tert-OH is 1. The number of aliphatic hydroxyl groups is 1. The van der Waals surface area contributed by atoms with Crippen LogP contribution >= 0.6 is 11.6 Å². The second kappa shape index (κ2) is 15.0. The topological polar surface area (TPSA) is 54.4 Å². The molecule has 0 bridgehead atoms. The minimum atomic E-state index is -0.194. The molecular formula is C39H51ClN2O4. The highest BCUT2D eigenvalue weighted by molar-refractivity contribution is 6.32. The van der Waals surface area contributed by atoms with Crippen molar-refractivity contribution in [3.63, 3.8) is 0 Å². The summed E-state index contributed by atoms with van der Waals surface area (Å²) in [6.07, 6.45) is 6.81. The van der Waals surface area contributed by atoms with Crippen molar-refractivity contribution in [2.24, 2.45) is 0 Å². The van der Waals surface area contributed by atoms with Gasteiger partial charge in [-0.3, -0.25) is 9.80 Å². The van der Waals surface area contributed by atoms with Crippen LogP contribution in [0.25, 0.3) is 11.1 Å². The zero-order chi connectivity index (χ0) is 32.2. The first-order valence-electron chi connectivity index (χ1n) is 17.4. The van der Waals surface area contributed by atoms with Crippen molar-refractivity contribution in [2.45, 2.75) is 103 Å². The summed E-state index contributed by atoms with van der Waals surface area (Å²) in [6, 6.07) is 18.3. The molecule has 3 aromatic carbocycles. The highest BCUT2D eigenvalue weighted by Gasteiger charge is 2.29. The first kappa shape index (κ1) is 33.1. The number of rotatable bonds is 12. The Labute approximate surface area is 280 Å². The summed E-state index contributed by atoms with van der Waals surface area (Å²) in [7, 11) is 0. The van der Waals surface area contributed by atoms with Crippen LogP contribution in [0.2, 0.25) is 5.02 Å². The monoisotopic (exact) mass is 646 g/mol. The Hall–Kier alpha value is -2.77. The van der Waals surface area contributed by atoms with Crippen LogP contribution in [0.5, 0.6) is 17.2 Å². The van der Waals surface area contributed by atoms with E-state index in [4.69, 9.17) is 25.8 Å². The standard InChI is InChI=1S/C39H51ClN2O4/c1-5-44-38-24-39(35(40)23-29(38)25-41-20-17-30(43)18-21-41)46-37-16-15-33-32(10-6-11-34(33)37)31-9-7-12-36(28(31)4)45-22-8-19-42-26(2)13-14-27(42)3/h6-7,9-12,23-24,26-27,30,37,43H,5,8,13-22,25H2,1-4H3/t26-,27-,37+/m1/s1. The lowest BCUT2D eigenvalue weighted by Gasteiger charge is -2.30. The molecule has 3 atom stereocenters. The lowest BCUT2D eigenvalue weighted by Crippen LogP contribution is -2.35. The van der Waals surface area contributed by atoms with E-state index >= 15 is 0 Å². The van der Waals surface area contributed by atoms with Crippen molar-refractivity contribution in [3.05, 3.63) is 75.8 Å². The molecule has 3 aromatic rings. The zero-order valence-electron chi connectivity index (χ0n) is 28.1.